The number of rotatable bonds is 1. The summed E-state index contributed by atoms with van der Waals surface area (Å²) in [7, 11) is 0. The van der Waals surface area contributed by atoms with Crippen molar-refractivity contribution in [3.63, 3.8) is 0 Å². The molecule has 0 amide bonds. The average molecular weight is 199 g/mol. The maximum Gasteiger partial charge on any atom is 0.166 e. The van der Waals surface area contributed by atoms with Gasteiger partial charge in [0.2, 0.25) is 0 Å². The van der Waals surface area contributed by atoms with Crippen molar-refractivity contribution < 1.29 is 13.9 Å². The van der Waals surface area contributed by atoms with Gasteiger partial charge in [0.05, 0.1) is 0 Å². The number of phenols is 1. The van der Waals surface area contributed by atoms with Crippen LogP contribution in [-0.2, 0) is 0 Å². The summed E-state index contributed by atoms with van der Waals surface area (Å²) in [4.78, 5) is 0. The second-order valence-electron chi connectivity index (χ2n) is 3.48. The molecular weight excluding hydrogens is 188 g/mol. The van der Waals surface area contributed by atoms with Gasteiger partial charge in [-0.2, -0.15) is 0 Å². The van der Waals surface area contributed by atoms with Gasteiger partial charge in [-0.15, -0.1) is 0 Å². The number of hydrogen-bond donors (Lipinski definition) is 2. The molecule has 2 rings (SSSR count). The summed E-state index contributed by atoms with van der Waals surface area (Å²) in [6.45, 7) is 1.37. The third-order valence-electron chi connectivity index (χ3n) is 2.58. The first-order chi connectivity index (χ1) is 6.70. The minimum atomic E-state index is -0.918. The van der Waals surface area contributed by atoms with Crippen LogP contribution in [0, 0.1) is 11.6 Å². The number of halogens is 2. The second-order valence-corrected chi connectivity index (χ2v) is 3.48. The van der Waals surface area contributed by atoms with Crippen molar-refractivity contribution in [2.45, 2.75) is 12.3 Å². The zero-order chi connectivity index (χ0) is 10.1. The largest absolute Gasteiger partial charge is 0.508 e. The van der Waals surface area contributed by atoms with E-state index < -0.39 is 11.6 Å². The quantitative estimate of drug-likeness (QED) is 0.722. The summed E-state index contributed by atoms with van der Waals surface area (Å²) in [5, 5.41) is 12.5. The lowest BCUT2D eigenvalue weighted by atomic mass is 9.96. The SMILES string of the molecule is Oc1ccc(F)c(F)c1C1CCNC1. The van der Waals surface area contributed by atoms with Gasteiger partial charge in [0.25, 0.3) is 0 Å². The Bertz CT molecular complexity index is 348. The Hall–Kier alpha value is -1.16. The van der Waals surface area contributed by atoms with Crippen molar-refractivity contribution in [1.82, 2.24) is 5.32 Å². The first kappa shape index (κ1) is 9.40. The Morgan fingerprint density at radius 3 is 2.79 bits per heavy atom. The van der Waals surface area contributed by atoms with Gasteiger partial charge < -0.3 is 10.4 Å². The van der Waals surface area contributed by atoms with Crippen LogP contribution in [0.4, 0.5) is 8.78 Å². The van der Waals surface area contributed by atoms with Crippen LogP contribution in [-0.4, -0.2) is 18.2 Å². The second kappa shape index (κ2) is 3.53. The highest BCUT2D eigenvalue weighted by atomic mass is 19.2. The Kier molecular flexibility index (Phi) is 2.37. The van der Waals surface area contributed by atoms with Crippen molar-refractivity contribution in [1.29, 1.82) is 0 Å². The molecule has 1 aliphatic heterocycles. The van der Waals surface area contributed by atoms with E-state index in [-0.39, 0.29) is 17.2 Å². The molecule has 0 bridgehead atoms. The lowest BCUT2D eigenvalue weighted by Crippen LogP contribution is -2.09. The molecule has 0 aromatic heterocycles. The Morgan fingerprint density at radius 1 is 1.36 bits per heavy atom. The van der Waals surface area contributed by atoms with Crippen LogP contribution in [0.5, 0.6) is 5.75 Å². The average Bonchev–Trinajstić information content (AvgIpc) is 2.65. The molecule has 1 fully saturated rings. The van der Waals surface area contributed by atoms with Gasteiger partial charge in [0.1, 0.15) is 5.75 Å². The molecule has 0 radical (unpaired) electrons. The van der Waals surface area contributed by atoms with Crippen LogP contribution in [0.2, 0.25) is 0 Å². The van der Waals surface area contributed by atoms with E-state index in [2.05, 4.69) is 5.32 Å². The third-order valence-corrected chi connectivity index (χ3v) is 2.58. The van der Waals surface area contributed by atoms with Crippen molar-refractivity contribution in [2.75, 3.05) is 13.1 Å². The first-order valence-electron chi connectivity index (χ1n) is 4.57. The number of nitrogens with one attached hydrogen (secondary N) is 1. The number of benzene rings is 1. The van der Waals surface area contributed by atoms with E-state index in [9.17, 15) is 13.9 Å². The number of phenolic OH excluding ortho intramolecular Hbond substituents is 1. The first-order valence-corrected chi connectivity index (χ1v) is 4.57. The van der Waals surface area contributed by atoms with Crippen LogP contribution in [0.3, 0.4) is 0 Å². The van der Waals surface area contributed by atoms with Crippen LogP contribution < -0.4 is 5.32 Å². The summed E-state index contributed by atoms with van der Waals surface area (Å²) < 4.78 is 26.3. The molecule has 1 heterocycles. The lowest BCUT2D eigenvalue weighted by Gasteiger charge is -2.12. The molecule has 76 valence electrons. The van der Waals surface area contributed by atoms with Crippen LogP contribution in [0.15, 0.2) is 12.1 Å². The summed E-state index contributed by atoms with van der Waals surface area (Å²) in [5.41, 5.74) is 0.106. The molecule has 2 nitrogen and oxygen atoms in total. The molecule has 1 saturated heterocycles. The van der Waals surface area contributed by atoms with Crippen molar-refractivity contribution >= 4 is 0 Å². The molecule has 1 aromatic carbocycles. The molecule has 2 N–H and O–H groups in total. The van der Waals surface area contributed by atoms with Gasteiger partial charge in [-0.1, -0.05) is 0 Å². The van der Waals surface area contributed by atoms with Gasteiger partial charge in [-0.05, 0) is 25.1 Å². The minimum absolute atomic E-state index is 0.106. The monoisotopic (exact) mass is 199 g/mol. The maximum atomic E-state index is 13.4. The molecule has 0 spiro atoms. The third kappa shape index (κ3) is 1.46. The van der Waals surface area contributed by atoms with E-state index >= 15 is 0 Å². The highest BCUT2D eigenvalue weighted by Crippen LogP contribution is 2.33. The number of hydrogen-bond acceptors (Lipinski definition) is 2. The van der Waals surface area contributed by atoms with Gasteiger partial charge >= 0.3 is 0 Å². The zero-order valence-corrected chi connectivity index (χ0v) is 7.56. The van der Waals surface area contributed by atoms with Crippen molar-refractivity contribution in [2.24, 2.45) is 0 Å². The Balaban J connectivity index is 2.44. The molecular formula is C10H11F2NO. The van der Waals surface area contributed by atoms with Crippen molar-refractivity contribution in [3.8, 4) is 5.75 Å². The minimum Gasteiger partial charge on any atom is -0.508 e. The van der Waals surface area contributed by atoms with E-state index in [1.165, 1.54) is 6.07 Å². The van der Waals surface area contributed by atoms with E-state index in [4.69, 9.17) is 0 Å². The topological polar surface area (TPSA) is 32.3 Å². The fourth-order valence-electron chi connectivity index (χ4n) is 1.85. The molecule has 0 saturated carbocycles. The van der Waals surface area contributed by atoms with Crippen molar-refractivity contribution in [3.05, 3.63) is 29.3 Å². The van der Waals surface area contributed by atoms with Gasteiger partial charge in [0, 0.05) is 18.0 Å². The predicted octanol–water partition coefficient (Wildman–Crippen LogP) is 1.75. The Labute approximate surface area is 80.6 Å². The van der Waals surface area contributed by atoms with Crippen LogP contribution in [0.25, 0.3) is 0 Å². The smallest absolute Gasteiger partial charge is 0.166 e. The molecule has 1 aliphatic rings. The van der Waals surface area contributed by atoms with Crippen LogP contribution >= 0.6 is 0 Å². The summed E-state index contributed by atoms with van der Waals surface area (Å²) in [6, 6.07) is 2.14. The highest BCUT2D eigenvalue weighted by Gasteiger charge is 2.24. The highest BCUT2D eigenvalue weighted by molar-refractivity contribution is 5.37. The predicted molar refractivity (Wildman–Crippen MR) is 48.3 cm³/mol. The molecule has 0 aliphatic carbocycles. The van der Waals surface area contributed by atoms with E-state index in [1.54, 1.807) is 0 Å². The zero-order valence-electron chi connectivity index (χ0n) is 7.56. The lowest BCUT2D eigenvalue weighted by molar-refractivity contribution is 0.432. The van der Waals surface area contributed by atoms with E-state index in [0.29, 0.717) is 6.54 Å². The standard InChI is InChI=1S/C10H11F2NO/c11-7-1-2-8(14)9(10(7)12)6-3-4-13-5-6/h1-2,6,13-14H,3-5H2. The number of aromatic hydroxyl groups is 1. The fraction of sp³-hybridized carbons (Fsp3) is 0.400. The molecule has 1 unspecified atom stereocenters. The summed E-state index contributed by atoms with van der Waals surface area (Å²) in [6.07, 6.45) is 0.730. The van der Waals surface area contributed by atoms with E-state index in [0.717, 1.165) is 19.0 Å². The molecule has 1 aromatic rings. The summed E-state index contributed by atoms with van der Waals surface area (Å²) in [5.74, 6) is -2.09. The van der Waals surface area contributed by atoms with Crippen LogP contribution in [0.1, 0.15) is 17.9 Å². The van der Waals surface area contributed by atoms with Gasteiger partial charge in [0.15, 0.2) is 11.6 Å². The molecule has 1 atom stereocenters. The van der Waals surface area contributed by atoms with E-state index in [1.807, 2.05) is 0 Å². The fourth-order valence-corrected chi connectivity index (χ4v) is 1.85. The molecule has 4 heteroatoms. The maximum absolute atomic E-state index is 13.4. The molecule has 14 heavy (non-hydrogen) atoms. The van der Waals surface area contributed by atoms with Gasteiger partial charge in [-0.3, -0.25) is 0 Å². The Morgan fingerprint density at radius 2 is 2.14 bits per heavy atom. The summed E-state index contributed by atoms with van der Waals surface area (Å²) >= 11 is 0. The van der Waals surface area contributed by atoms with Gasteiger partial charge in [-0.25, -0.2) is 8.78 Å². The normalized spacial score (nSPS) is 21.4.